The largest absolute Gasteiger partial charge is 0.368 e. The molecule has 1 amide bonds. The standard InChI is InChI=1S/C20H26N6O5S/c1-13-7-8-15(25-32(29,30)11-14-5-3-2-4-6-14)18(28)26(13)16(17(21)27)20(9-10-20)12-31-24-19(22)23/h2-8,16,25H,9-12H2,1H3,(H2,21,27)(H4,22,23,24). The van der Waals surface area contributed by atoms with E-state index in [1.54, 1.807) is 43.3 Å². The number of nitrogens with two attached hydrogens (primary N) is 2. The summed E-state index contributed by atoms with van der Waals surface area (Å²) in [6.07, 6.45) is 1.10. The van der Waals surface area contributed by atoms with E-state index in [1.165, 1.54) is 10.6 Å². The first-order valence-corrected chi connectivity index (χ1v) is 11.5. The monoisotopic (exact) mass is 462 g/mol. The molecule has 172 valence electrons. The molecular formula is C20H26N6O5S. The number of hydroxylamine groups is 1. The number of rotatable bonds is 10. The first-order chi connectivity index (χ1) is 15.0. The lowest BCUT2D eigenvalue weighted by atomic mass is 9.95. The van der Waals surface area contributed by atoms with Crippen LogP contribution in [-0.2, 0) is 25.4 Å². The van der Waals surface area contributed by atoms with Crippen molar-refractivity contribution < 1.29 is 18.0 Å². The molecule has 1 fully saturated rings. The molecule has 12 heteroatoms. The molecule has 2 aromatic rings. The summed E-state index contributed by atoms with van der Waals surface area (Å²) in [5, 5.41) is 7.17. The van der Waals surface area contributed by atoms with Crippen LogP contribution < -0.4 is 27.2 Å². The lowest BCUT2D eigenvalue weighted by Gasteiger charge is -2.28. The normalized spacial score (nSPS) is 15.5. The van der Waals surface area contributed by atoms with Crippen molar-refractivity contribution in [1.29, 1.82) is 5.41 Å². The Morgan fingerprint density at radius 2 is 1.88 bits per heavy atom. The second-order valence-electron chi connectivity index (χ2n) is 7.88. The Morgan fingerprint density at radius 3 is 2.44 bits per heavy atom. The Hall–Kier alpha value is -3.38. The molecule has 0 spiro atoms. The van der Waals surface area contributed by atoms with E-state index in [4.69, 9.17) is 21.7 Å². The van der Waals surface area contributed by atoms with E-state index in [0.717, 1.165) is 0 Å². The lowest BCUT2D eigenvalue weighted by Crippen LogP contribution is -2.44. The summed E-state index contributed by atoms with van der Waals surface area (Å²) in [6, 6.07) is 10.4. The number of aromatic nitrogens is 1. The van der Waals surface area contributed by atoms with Crippen molar-refractivity contribution in [2.24, 2.45) is 16.9 Å². The smallest absolute Gasteiger partial charge is 0.275 e. The van der Waals surface area contributed by atoms with Crippen molar-refractivity contribution in [3.63, 3.8) is 0 Å². The van der Waals surface area contributed by atoms with E-state index < -0.39 is 38.9 Å². The van der Waals surface area contributed by atoms with Crippen LogP contribution >= 0.6 is 0 Å². The molecule has 0 radical (unpaired) electrons. The van der Waals surface area contributed by atoms with Gasteiger partial charge in [0.25, 0.3) is 5.56 Å². The minimum atomic E-state index is -3.88. The molecule has 7 N–H and O–H groups in total. The molecule has 1 aliphatic rings. The molecule has 1 aromatic heterocycles. The maximum Gasteiger partial charge on any atom is 0.275 e. The van der Waals surface area contributed by atoms with Gasteiger partial charge >= 0.3 is 0 Å². The average Bonchev–Trinajstić information content (AvgIpc) is 3.47. The molecule has 3 rings (SSSR count). The van der Waals surface area contributed by atoms with Crippen molar-refractivity contribution >= 4 is 27.6 Å². The number of carbonyl (C=O) groups is 1. The van der Waals surface area contributed by atoms with Crippen molar-refractivity contribution in [3.8, 4) is 0 Å². The maximum atomic E-state index is 13.2. The van der Waals surface area contributed by atoms with Crippen molar-refractivity contribution in [1.82, 2.24) is 10.0 Å². The number of carbonyl (C=O) groups excluding carboxylic acids is 1. The van der Waals surface area contributed by atoms with E-state index in [2.05, 4.69) is 10.2 Å². The van der Waals surface area contributed by atoms with Gasteiger partial charge in [-0.1, -0.05) is 30.3 Å². The molecule has 1 unspecified atom stereocenters. The SMILES string of the molecule is Cc1ccc(NS(=O)(=O)Cc2ccccc2)c(=O)n1C(C(N)=O)C1(CONC(=N)N)CC1. The molecular weight excluding hydrogens is 436 g/mol. The quantitative estimate of drug-likeness (QED) is 0.191. The average molecular weight is 463 g/mol. The summed E-state index contributed by atoms with van der Waals surface area (Å²) in [5.74, 6) is -1.46. The number of primary amides is 1. The highest BCUT2D eigenvalue weighted by atomic mass is 32.2. The zero-order valence-corrected chi connectivity index (χ0v) is 18.3. The number of anilines is 1. The van der Waals surface area contributed by atoms with E-state index in [1.807, 2.05) is 0 Å². The van der Waals surface area contributed by atoms with Crippen LogP contribution in [0.25, 0.3) is 0 Å². The van der Waals surface area contributed by atoms with E-state index in [9.17, 15) is 18.0 Å². The van der Waals surface area contributed by atoms with Gasteiger partial charge in [-0.2, -0.15) is 0 Å². The van der Waals surface area contributed by atoms with E-state index >= 15 is 0 Å². The third kappa shape index (κ3) is 5.26. The Bertz CT molecular complexity index is 1170. The van der Waals surface area contributed by atoms with E-state index in [0.29, 0.717) is 24.1 Å². The number of sulfonamides is 1. The molecule has 1 heterocycles. The Labute approximate surface area is 185 Å². The summed E-state index contributed by atoms with van der Waals surface area (Å²) in [4.78, 5) is 30.8. The third-order valence-electron chi connectivity index (χ3n) is 5.33. The summed E-state index contributed by atoms with van der Waals surface area (Å²) >= 11 is 0. The van der Waals surface area contributed by atoms with Crippen molar-refractivity contribution in [2.75, 3.05) is 11.3 Å². The fraction of sp³-hybridized carbons (Fsp3) is 0.350. The number of amides is 1. The van der Waals surface area contributed by atoms with Crippen LogP contribution in [0.1, 0.15) is 30.1 Å². The molecule has 1 aromatic carbocycles. The van der Waals surface area contributed by atoms with Crippen LogP contribution in [0.2, 0.25) is 0 Å². The lowest BCUT2D eigenvalue weighted by molar-refractivity contribution is -0.124. The fourth-order valence-corrected chi connectivity index (χ4v) is 4.85. The number of guanidine groups is 1. The van der Waals surface area contributed by atoms with Gasteiger partial charge in [0, 0.05) is 11.1 Å². The predicted molar refractivity (Wildman–Crippen MR) is 119 cm³/mol. The van der Waals surface area contributed by atoms with Gasteiger partial charge in [-0.3, -0.25) is 29.1 Å². The minimum absolute atomic E-state index is 0.0178. The molecule has 1 atom stereocenters. The summed E-state index contributed by atoms with van der Waals surface area (Å²) in [5.41, 5.74) is 12.4. The van der Waals surface area contributed by atoms with Gasteiger partial charge < -0.3 is 11.5 Å². The maximum absolute atomic E-state index is 13.2. The van der Waals surface area contributed by atoms with Crippen LogP contribution in [-0.4, -0.2) is 31.5 Å². The number of aryl methyl sites for hydroxylation is 1. The van der Waals surface area contributed by atoms with Gasteiger partial charge in [0.05, 0.1) is 12.4 Å². The number of nitrogens with zero attached hydrogens (tertiary/aromatic N) is 1. The molecule has 32 heavy (non-hydrogen) atoms. The van der Waals surface area contributed by atoms with Crippen LogP contribution in [0.3, 0.4) is 0 Å². The third-order valence-corrected chi connectivity index (χ3v) is 6.57. The van der Waals surface area contributed by atoms with Gasteiger partial charge in [0.2, 0.25) is 21.9 Å². The predicted octanol–water partition coefficient (Wildman–Crippen LogP) is 0.320. The zero-order chi connectivity index (χ0) is 23.5. The number of benzene rings is 1. The Morgan fingerprint density at radius 1 is 1.22 bits per heavy atom. The van der Waals surface area contributed by atoms with Crippen molar-refractivity contribution in [3.05, 3.63) is 64.1 Å². The summed E-state index contributed by atoms with van der Waals surface area (Å²) < 4.78 is 28.8. The summed E-state index contributed by atoms with van der Waals surface area (Å²) in [6.45, 7) is 1.61. The Kier molecular flexibility index (Phi) is 6.55. The molecule has 0 saturated heterocycles. The molecule has 1 aliphatic carbocycles. The van der Waals surface area contributed by atoms with Gasteiger partial charge in [-0.15, -0.1) is 0 Å². The van der Waals surface area contributed by atoms with Gasteiger partial charge in [-0.25, -0.2) is 13.9 Å². The van der Waals surface area contributed by atoms with Gasteiger partial charge in [-0.05, 0) is 37.5 Å². The van der Waals surface area contributed by atoms with Gasteiger partial charge in [0.15, 0.2) is 0 Å². The van der Waals surface area contributed by atoms with E-state index in [-0.39, 0.29) is 18.0 Å². The zero-order valence-electron chi connectivity index (χ0n) is 17.5. The van der Waals surface area contributed by atoms with Gasteiger partial charge in [0.1, 0.15) is 11.7 Å². The highest BCUT2D eigenvalue weighted by molar-refractivity contribution is 7.91. The topological polar surface area (TPSA) is 182 Å². The highest BCUT2D eigenvalue weighted by Crippen LogP contribution is 2.54. The highest BCUT2D eigenvalue weighted by Gasteiger charge is 2.54. The van der Waals surface area contributed by atoms with Crippen LogP contribution in [0, 0.1) is 17.7 Å². The molecule has 0 aliphatic heterocycles. The first-order valence-electron chi connectivity index (χ1n) is 9.82. The van der Waals surface area contributed by atoms with Crippen molar-refractivity contribution in [2.45, 2.75) is 31.6 Å². The minimum Gasteiger partial charge on any atom is -0.368 e. The molecule has 11 nitrogen and oxygen atoms in total. The number of hydrogen-bond acceptors (Lipinski definition) is 6. The summed E-state index contributed by atoms with van der Waals surface area (Å²) in [7, 11) is -3.88. The Balaban J connectivity index is 1.92. The van der Waals surface area contributed by atoms with Crippen LogP contribution in [0.4, 0.5) is 5.69 Å². The second-order valence-corrected chi connectivity index (χ2v) is 9.60. The van der Waals surface area contributed by atoms with Crippen LogP contribution in [0.15, 0.2) is 47.3 Å². The number of nitrogens with one attached hydrogen (secondary N) is 3. The number of hydrogen-bond donors (Lipinski definition) is 5. The second kappa shape index (κ2) is 9.01. The first kappa shape index (κ1) is 23.3. The molecule has 0 bridgehead atoms. The van der Waals surface area contributed by atoms with Crippen LogP contribution in [0.5, 0.6) is 0 Å². The number of pyridine rings is 1. The fourth-order valence-electron chi connectivity index (χ4n) is 3.66. The molecule has 1 saturated carbocycles.